The smallest absolute Gasteiger partial charge is 0.0820 e. The zero-order chi connectivity index (χ0) is 12.3. The van der Waals surface area contributed by atoms with E-state index in [1.807, 2.05) is 0 Å². The van der Waals surface area contributed by atoms with Crippen molar-refractivity contribution in [3.63, 3.8) is 0 Å². The molecule has 1 radical (unpaired) electrons. The normalized spacial score (nSPS) is 18.0. The average Bonchev–Trinajstić information content (AvgIpc) is 2.50. The van der Waals surface area contributed by atoms with Crippen molar-refractivity contribution in [1.29, 1.82) is 0 Å². The number of rotatable bonds is 2. The maximum atomic E-state index is 2.47. The van der Waals surface area contributed by atoms with Crippen LogP contribution in [0.3, 0.4) is 0 Å². The largest absolute Gasteiger partial charge is 0.116 e. The average molecular weight is 249 g/mol. The van der Waals surface area contributed by atoms with Crippen LogP contribution < -0.4 is 10.4 Å². The fourth-order valence-electron chi connectivity index (χ4n) is 3.22. The van der Waals surface area contributed by atoms with Gasteiger partial charge >= 0.3 is 0 Å². The summed E-state index contributed by atoms with van der Waals surface area (Å²) >= 11 is 0. The summed E-state index contributed by atoms with van der Waals surface area (Å²) in [4.78, 5) is 0. The minimum atomic E-state index is -1.47. The molecule has 1 aliphatic heterocycles. The Morgan fingerprint density at radius 1 is 0.667 bits per heavy atom. The van der Waals surface area contributed by atoms with Crippen molar-refractivity contribution in [1.82, 2.24) is 0 Å². The van der Waals surface area contributed by atoms with Crippen LogP contribution in [0.2, 0.25) is 24.7 Å². The maximum Gasteiger partial charge on any atom is 0.116 e. The van der Waals surface area contributed by atoms with Gasteiger partial charge in [0.1, 0.15) is 15.4 Å². The van der Waals surface area contributed by atoms with Crippen molar-refractivity contribution < 1.29 is 0 Å². The van der Waals surface area contributed by atoms with Crippen molar-refractivity contribution in [3.8, 4) is 0 Å². The molecule has 0 spiro atoms. The second kappa shape index (κ2) is 5.15. The second-order valence-electron chi connectivity index (χ2n) is 5.18. The van der Waals surface area contributed by atoms with E-state index in [0.717, 1.165) is 0 Å². The van der Waals surface area contributed by atoms with Gasteiger partial charge in [-0.05, 0) is 0 Å². The second-order valence-corrected chi connectivity index (χ2v) is 9.50. The molecule has 0 nitrogen and oxygen atoms in total. The molecule has 0 aliphatic carbocycles. The maximum absolute atomic E-state index is 2.47. The minimum Gasteiger partial charge on any atom is -0.0820 e. The molecule has 1 heterocycles. The van der Waals surface area contributed by atoms with Crippen LogP contribution in [0, 0.1) is 0 Å². The summed E-state index contributed by atoms with van der Waals surface area (Å²) in [6, 6.07) is 25.2. The molecule has 3 rings (SSSR count). The Morgan fingerprint density at radius 2 is 1.11 bits per heavy atom. The van der Waals surface area contributed by atoms with Crippen molar-refractivity contribution in [2.75, 3.05) is 0 Å². The summed E-state index contributed by atoms with van der Waals surface area (Å²) in [6.45, 7) is 0. The molecular weight excluding hydrogens is 231 g/mol. The van der Waals surface area contributed by atoms with Crippen LogP contribution in [0.4, 0.5) is 0 Å². The minimum absolute atomic E-state index is 1.29. The Kier molecular flexibility index (Phi) is 3.37. The molecule has 89 valence electrons. The highest BCUT2D eigenvalue weighted by Gasteiger charge is 2.37. The molecular formula is C16H18BSi. The molecule has 2 aromatic carbocycles. The molecule has 0 N–H and O–H groups in total. The molecule has 0 aromatic heterocycles. The van der Waals surface area contributed by atoms with Gasteiger partial charge in [-0.2, -0.15) is 0 Å². The van der Waals surface area contributed by atoms with Gasteiger partial charge in [0.25, 0.3) is 0 Å². The highest BCUT2D eigenvalue weighted by molar-refractivity contribution is 7.03. The van der Waals surface area contributed by atoms with Crippen LogP contribution in [-0.4, -0.2) is 15.4 Å². The molecule has 18 heavy (non-hydrogen) atoms. The Balaban J connectivity index is 2.10. The molecule has 0 amide bonds. The molecule has 2 heteroatoms. The predicted octanol–water partition coefficient (Wildman–Crippen LogP) is 2.80. The lowest BCUT2D eigenvalue weighted by molar-refractivity contribution is 1.19. The summed E-state index contributed by atoms with van der Waals surface area (Å²) in [6.07, 6.45) is 2.58. The van der Waals surface area contributed by atoms with E-state index >= 15 is 0 Å². The van der Waals surface area contributed by atoms with Crippen LogP contribution in [0.1, 0.15) is 0 Å². The summed E-state index contributed by atoms with van der Waals surface area (Å²) in [5, 5.41) is 3.23. The molecule has 1 aliphatic rings. The van der Waals surface area contributed by atoms with Crippen LogP contribution in [0.5, 0.6) is 0 Å². The highest BCUT2D eigenvalue weighted by atomic mass is 28.3. The molecule has 2 aromatic rings. The fourth-order valence-corrected chi connectivity index (χ4v) is 8.02. The first kappa shape index (κ1) is 11.8. The third-order valence-corrected chi connectivity index (χ3v) is 9.36. The van der Waals surface area contributed by atoms with Crippen LogP contribution in [0.15, 0.2) is 60.7 Å². The van der Waals surface area contributed by atoms with Gasteiger partial charge < -0.3 is 0 Å². The third-order valence-electron chi connectivity index (χ3n) is 4.20. The predicted molar refractivity (Wildman–Crippen MR) is 82.9 cm³/mol. The van der Waals surface area contributed by atoms with E-state index in [9.17, 15) is 0 Å². The topological polar surface area (TPSA) is 0 Å². The van der Waals surface area contributed by atoms with Gasteiger partial charge in [0.2, 0.25) is 0 Å². The fraction of sp³-hybridized carbons (Fsp3) is 0.250. The molecule has 1 fully saturated rings. The van der Waals surface area contributed by atoms with Gasteiger partial charge in [-0.3, -0.25) is 0 Å². The van der Waals surface area contributed by atoms with Crippen molar-refractivity contribution >= 4 is 25.7 Å². The monoisotopic (exact) mass is 249 g/mol. The number of hydrogen-bond donors (Lipinski definition) is 0. The first-order chi connectivity index (χ1) is 8.92. The van der Waals surface area contributed by atoms with E-state index in [4.69, 9.17) is 0 Å². The van der Waals surface area contributed by atoms with Crippen molar-refractivity contribution in [2.45, 2.75) is 24.7 Å². The van der Waals surface area contributed by atoms with Gasteiger partial charge in [-0.15, -0.1) is 0 Å². The number of hydrogen-bond acceptors (Lipinski definition) is 0. The number of benzene rings is 2. The van der Waals surface area contributed by atoms with E-state index in [1.165, 1.54) is 24.7 Å². The molecule has 0 bridgehead atoms. The van der Waals surface area contributed by atoms with Crippen molar-refractivity contribution in [2.24, 2.45) is 0 Å². The zero-order valence-corrected chi connectivity index (χ0v) is 11.7. The third kappa shape index (κ3) is 2.06. The van der Waals surface area contributed by atoms with Gasteiger partial charge in [-0.25, -0.2) is 0 Å². The quantitative estimate of drug-likeness (QED) is 0.718. The Labute approximate surface area is 111 Å². The zero-order valence-electron chi connectivity index (χ0n) is 10.7. The van der Waals surface area contributed by atoms with Crippen molar-refractivity contribution in [3.05, 3.63) is 60.7 Å². The molecule has 0 saturated carbocycles. The summed E-state index contributed by atoms with van der Waals surface area (Å²) in [5.74, 6) is 0. The Hall–Kier alpha value is -1.28. The van der Waals surface area contributed by atoms with Crippen LogP contribution in [-0.2, 0) is 0 Å². The van der Waals surface area contributed by atoms with Gasteiger partial charge in [0.05, 0.1) is 0 Å². The molecule has 0 atom stereocenters. The molecule has 1 saturated heterocycles. The van der Waals surface area contributed by atoms with E-state index in [-0.39, 0.29) is 0 Å². The summed E-state index contributed by atoms with van der Waals surface area (Å²) in [7, 11) is 1.00. The Morgan fingerprint density at radius 3 is 1.56 bits per heavy atom. The standard InChI is InChI=1S/C16H18BSi/c1-3-7-15(8-4-1)18(13-11-17-12-14-18)16-9-5-2-6-10-16/h1-10H,11-14H2. The van der Waals surface area contributed by atoms with E-state index in [1.54, 1.807) is 10.4 Å². The lowest BCUT2D eigenvalue weighted by atomic mass is 9.72. The van der Waals surface area contributed by atoms with E-state index < -0.39 is 8.07 Å². The first-order valence-electron chi connectivity index (χ1n) is 6.84. The lowest BCUT2D eigenvalue weighted by Gasteiger charge is -2.36. The van der Waals surface area contributed by atoms with E-state index in [2.05, 4.69) is 67.9 Å². The summed E-state index contributed by atoms with van der Waals surface area (Å²) in [5.41, 5.74) is 0. The van der Waals surface area contributed by atoms with Gasteiger partial charge in [0, 0.05) is 0 Å². The lowest BCUT2D eigenvalue weighted by Crippen LogP contribution is -2.59. The van der Waals surface area contributed by atoms with Crippen LogP contribution in [0.25, 0.3) is 0 Å². The highest BCUT2D eigenvalue weighted by Crippen LogP contribution is 2.25. The molecule has 0 unspecified atom stereocenters. The van der Waals surface area contributed by atoms with Crippen LogP contribution >= 0.6 is 0 Å². The first-order valence-corrected chi connectivity index (χ1v) is 9.26. The van der Waals surface area contributed by atoms with E-state index in [0.29, 0.717) is 0 Å². The van der Waals surface area contributed by atoms with Gasteiger partial charge in [-0.1, -0.05) is 95.8 Å². The Bertz CT molecular complexity index is 448. The van der Waals surface area contributed by atoms with Gasteiger partial charge in [0.15, 0.2) is 0 Å². The SMILES string of the molecule is [B]1CC[Si](c2ccccc2)(c2ccccc2)CC1. The summed E-state index contributed by atoms with van der Waals surface area (Å²) < 4.78 is 0.